The van der Waals surface area contributed by atoms with Crippen LogP contribution in [-0.2, 0) is 14.3 Å². The Bertz CT molecular complexity index is 286. The number of carbonyl (C=O) groups is 1. The third kappa shape index (κ3) is 2.17. The Morgan fingerprint density at radius 3 is 2.56 bits per heavy atom. The van der Waals surface area contributed by atoms with Crippen molar-refractivity contribution in [3.05, 3.63) is 0 Å². The fraction of sp³-hybridized carbons (Fsp3) is 0.900. The molecule has 0 radical (unpaired) electrons. The highest BCUT2D eigenvalue weighted by Gasteiger charge is 2.49. The molecule has 1 heterocycles. The number of nitrogens with one attached hydrogen (secondary N) is 1. The summed E-state index contributed by atoms with van der Waals surface area (Å²) < 4.78 is 36.0. The Kier molecular flexibility index (Phi) is 2.88. The molecule has 2 aliphatic rings. The Morgan fingerprint density at radius 2 is 2.00 bits per heavy atom. The topological polar surface area (TPSA) is 47.6 Å². The molecule has 16 heavy (non-hydrogen) atoms. The van der Waals surface area contributed by atoms with Crippen LogP contribution in [0.25, 0.3) is 0 Å². The van der Waals surface area contributed by atoms with Gasteiger partial charge < -0.3 is 9.47 Å². The Morgan fingerprint density at radius 1 is 1.38 bits per heavy atom. The number of ether oxygens (including phenoxy) is 2. The largest absolute Gasteiger partial charge is 0.468 e. The summed E-state index contributed by atoms with van der Waals surface area (Å²) in [6.45, 7) is 0.193. The fourth-order valence-corrected chi connectivity index (χ4v) is 2.22. The van der Waals surface area contributed by atoms with Gasteiger partial charge in [0.15, 0.2) is 0 Å². The van der Waals surface area contributed by atoms with E-state index in [0.717, 1.165) is 0 Å². The first kappa shape index (κ1) is 11.7. The molecule has 1 aliphatic heterocycles. The third-order valence-corrected chi connectivity index (χ3v) is 3.24. The molecule has 6 heteroatoms. The minimum Gasteiger partial charge on any atom is -0.468 e. The van der Waals surface area contributed by atoms with Gasteiger partial charge in [0.25, 0.3) is 0 Å². The smallest absolute Gasteiger partial charge is 0.325 e. The van der Waals surface area contributed by atoms with Gasteiger partial charge in [-0.1, -0.05) is 0 Å². The van der Waals surface area contributed by atoms with Gasteiger partial charge in [0.05, 0.1) is 13.7 Å². The van der Waals surface area contributed by atoms with Crippen LogP contribution in [0.5, 0.6) is 0 Å². The molecule has 2 fully saturated rings. The lowest BCUT2D eigenvalue weighted by Crippen LogP contribution is -2.50. The van der Waals surface area contributed by atoms with E-state index in [4.69, 9.17) is 4.74 Å². The lowest BCUT2D eigenvalue weighted by Gasteiger charge is -2.36. The number of rotatable bonds is 1. The molecule has 92 valence electrons. The molecular formula is C10H15F2NO3. The molecule has 1 spiro atoms. The number of alkyl halides is 2. The van der Waals surface area contributed by atoms with E-state index in [1.54, 1.807) is 0 Å². The highest BCUT2D eigenvalue weighted by Crippen LogP contribution is 2.40. The summed E-state index contributed by atoms with van der Waals surface area (Å²) in [6, 6.07) is -0.531. The van der Waals surface area contributed by atoms with E-state index in [0.29, 0.717) is 0 Å². The zero-order valence-electron chi connectivity index (χ0n) is 9.09. The number of methoxy groups -OCH3 is 1. The first-order chi connectivity index (χ1) is 7.46. The van der Waals surface area contributed by atoms with Crippen molar-refractivity contribution >= 4 is 5.97 Å². The summed E-state index contributed by atoms with van der Waals surface area (Å²) in [4.78, 5) is 11.3. The lowest BCUT2D eigenvalue weighted by atomic mass is 9.89. The lowest BCUT2D eigenvalue weighted by molar-refractivity contribution is -0.142. The minimum atomic E-state index is -2.60. The highest BCUT2D eigenvalue weighted by molar-refractivity contribution is 5.76. The molecule has 1 unspecified atom stereocenters. The maximum atomic E-state index is 13.0. The summed E-state index contributed by atoms with van der Waals surface area (Å²) >= 11 is 0. The van der Waals surface area contributed by atoms with Gasteiger partial charge >= 0.3 is 5.97 Å². The minimum absolute atomic E-state index is 0.193. The van der Waals surface area contributed by atoms with Gasteiger partial charge in [0.2, 0.25) is 5.92 Å². The normalized spacial score (nSPS) is 31.6. The van der Waals surface area contributed by atoms with Crippen LogP contribution in [0.4, 0.5) is 8.78 Å². The van der Waals surface area contributed by atoms with Crippen LogP contribution in [0, 0.1) is 0 Å². The van der Waals surface area contributed by atoms with Gasteiger partial charge in [0.1, 0.15) is 11.8 Å². The number of halogens is 2. The number of carbonyl (C=O) groups excluding carboxylic acids is 1. The van der Waals surface area contributed by atoms with Crippen molar-refractivity contribution in [2.45, 2.75) is 43.4 Å². The first-order valence-corrected chi connectivity index (χ1v) is 5.34. The summed E-state index contributed by atoms with van der Waals surface area (Å²) in [6.07, 6.45) is 0.0583. The van der Waals surface area contributed by atoms with Crippen LogP contribution < -0.4 is 5.32 Å². The first-order valence-electron chi connectivity index (χ1n) is 5.34. The molecular weight excluding hydrogens is 220 g/mol. The number of esters is 1. The molecule has 1 N–H and O–H groups in total. The molecule has 4 nitrogen and oxygen atoms in total. The monoisotopic (exact) mass is 235 g/mol. The number of hydrogen-bond acceptors (Lipinski definition) is 4. The molecule has 1 atom stereocenters. The van der Waals surface area contributed by atoms with Crippen LogP contribution in [-0.4, -0.2) is 37.4 Å². The van der Waals surface area contributed by atoms with Gasteiger partial charge in [-0.2, -0.15) is 0 Å². The van der Waals surface area contributed by atoms with E-state index in [-0.39, 0.29) is 32.3 Å². The molecule has 1 saturated heterocycles. The van der Waals surface area contributed by atoms with Crippen LogP contribution >= 0.6 is 0 Å². The van der Waals surface area contributed by atoms with E-state index in [1.165, 1.54) is 7.11 Å². The van der Waals surface area contributed by atoms with Crippen LogP contribution in [0.3, 0.4) is 0 Å². The summed E-state index contributed by atoms with van der Waals surface area (Å²) in [7, 11) is 1.30. The standard InChI is InChI=1S/C10H15F2NO3/c1-15-8(14)7-6-16-10(13-7)4-2-9(11,12)3-5-10/h7,13H,2-6H2,1H3. The van der Waals surface area contributed by atoms with Crippen molar-refractivity contribution in [3.8, 4) is 0 Å². The summed E-state index contributed by atoms with van der Waals surface area (Å²) in [5.74, 6) is -3.01. The quantitative estimate of drug-likeness (QED) is 0.690. The predicted molar refractivity (Wildman–Crippen MR) is 51.0 cm³/mol. The summed E-state index contributed by atoms with van der Waals surface area (Å²) in [5, 5.41) is 2.96. The highest BCUT2D eigenvalue weighted by atomic mass is 19.3. The maximum Gasteiger partial charge on any atom is 0.325 e. The molecule has 1 aliphatic carbocycles. The van der Waals surface area contributed by atoms with Crippen molar-refractivity contribution in [2.75, 3.05) is 13.7 Å². The van der Waals surface area contributed by atoms with Crippen molar-refractivity contribution in [1.82, 2.24) is 5.32 Å². The van der Waals surface area contributed by atoms with E-state index in [9.17, 15) is 13.6 Å². The second-order valence-electron chi connectivity index (χ2n) is 4.38. The average molecular weight is 235 g/mol. The van der Waals surface area contributed by atoms with Crippen LogP contribution in [0.1, 0.15) is 25.7 Å². The third-order valence-electron chi connectivity index (χ3n) is 3.24. The fourth-order valence-electron chi connectivity index (χ4n) is 2.22. The van der Waals surface area contributed by atoms with E-state index >= 15 is 0 Å². The SMILES string of the molecule is COC(=O)C1COC2(CCC(F)(F)CC2)N1. The predicted octanol–water partition coefficient (Wildman–Crippen LogP) is 1.05. The zero-order valence-corrected chi connectivity index (χ0v) is 9.09. The number of hydrogen-bond donors (Lipinski definition) is 1. The van der Waals surface area contributed by atoms with Crippen molar-refractivity contribution < 1.29 is 23.0 Å². The molecule has 0 amide bonds. The van der Waals surface area contributed by atoms with Crippen molar-refractivity contribution in [3.63, 3.8) is 0 Å². The Hall–Kier alpha value is -0.750. The summed E-state index contributed by atoms with van der Waals surface area (Å²) in [5.41, 5.74) is -0.749. The Balaban J connectivity index is 1.95. The molecule has 0 aromatic carbocycles. The van der Waals surface area contributed by atoms with Crippen LogP contribution in [0.2, 0.25) is 0 Å². The molecule has 1 saturated carbocycles. The molecule has 0 aromatic rings. The van der Waals surface area contributed by atoms with Gasteiger partial charge in [-0.15, -0.1) is 0 Å². The Labute approximate surface area is 92.3 Å². The zero-order chi connectivity index (χ0) is 11.8. The van der Waals surface area contributed by atoms with Gasteiger partial charge in [-0.25, -0.2) is 8.78 Å². The molecule has 2 rings (SSSR count). The average Bonchev–Trinajstić information content (AvgIpc) is 2.67. The van der Waals surface area contributed by atoms with E-state index in [1.807, 2.05) is 0 Å². The second-order valence-corrected chi connectivity index (χ2v) is 4.38. The maximum absolute atomic E-state index is 13.0. The second kappa shape index (κ2) is 3.92. The van der Waals surface area contributed by atoms with Gasteiger partial charge in [0, 0.05) is 12.8 Å². The van der Waals surface area contributed by atoms with Gasteiger partial charge in [-0.05, 0) is 12.8 Å². The van der Waals surface area contributed by atoms with Gasteiger partial charge in [-0.3, -0.25) is 10.1 Å². The van der Waals surface area contributed by atoms with Crippen molar-refractivity contribution in [1.29, 1.82) is 0 Å². The van der Waals surface area contributed by atoms with Crippen molar-refractivity contribution in [2.24, 2.45) is 0 Å². The van der Waals surface area contributed by atoms with E-state index < -0.39 is 23.7 Å². The van der Waals surface area contributed by atoms with Crippen LogP contribution in [0.15, 0.2) is 0 Å². The molecule has 0 bridgehead atoms. The van der Waals surface area contributed by atoms with E-state index in [2.05, 4.69) is 10.1 Å². The molecule has 0 aromatic heterocycles.